The zero-order valence-corrected chi connectivity index (χ0v) is 9.82. The van der Waals surface area contributed by atoms with Gasteiger partial charge in [-0.15, -0.1) is 0 Å². The first-order chi connectivity index (χ1) is 6.69. The van der Waals surface area contributed by atoms with Crippen LogP contribution in [0.3, 0.4) is 0 Å². The van der Waals surface area contributed by atoms with Crippen LogP contribution in [0, 0.1) is 5.82 Å². The lowest BCUT2D eigenvalue weighted by molar-refractivity contribution is 0.0867. The molecule has 1 rings (SSSR count). The van der Waals surface area contributed by atoms with Crippen LogP contribution in [0.25, 0.3) is 0 Å². The Morgan fingerprint density at radius 1 is 1.50 bits per heavy atom. The van der Waals surface area contributed by atoms with Crippen LogP contribution in [0.15, 0.2) is 16.6 Å². The average Bonchev–Trinajstić information content (AvgIpc) is 2.19. The highest BCUT2D eigenvalue weighted by Gasteiger charge is 2.07. The van der Waals surface area contributed by atoms with Crippen molar-refractivity contribution in [1.82, 2.24) is 5.48 Å². The van der Waals surface area contributed by atoms with Crippen molar-refractivity contribution in [3.05, 3.63) is 33.5 Å². The first-order valence-electron chi connectivity index (χ1n) is 4.41. The summed E-state index contributed by atoms with van der Waals surface area (Å²) in [6, 6.07) is 3.59. The minimum absolute atomic E-state index is 0.173. The Balaban J connectivity index is 2.91. The topological polar surface area (TPSA) is 21.3 Å². The number of benzene rings is 1. The van der Waals surface area contributed by atoms with Crippen molar-refractivity contribution in [3.63, 3.8) is 0 Å². The molecule has 4 heteroatoms. The summed E-state index contributed by atoms with van der Waals surface area (Å²) >= 11 is 3.19. The lowest BCUT2D eigenvalue weighted by Gasteiger charge is -2.07. The predicted molar refractivity (Wildman–Crippen MR) is 57.3 cm³/mol. The van der Waals surface area contributed by atoms with E-state index in [2.05, 4.69) is 21.4 Å². The molecule has 0 atom stereocenters. The number of hydroxylamine groups is 1. The summed E-state index contributed by atoms with van der Waals surface area (Å²) in [7, 11) is 1.55. The second-order valence-electron chi connectivity index (χ2n) is 2.93. The number of rotatable bonds is 4. The van der Waals surface area contributed by atoms with Gasteiger partial charge in [-0.3, -0.25) is 0 Å². The Bertz CT molecular complexity index is 317. The van der Waals surface area contributed by atoms with Gasteiger partial charge in [0.1, 0.15) is 5.82 Å². The van der Waals surface area contributed by atoms with Gasteiger partial charge in [-0.2, -0.15) is 5.48 Å². The van der Waals surface area contributed by atoms with Gasteiger partial charge in [0.25, 0.3) is 0 Å². The molecule has 0 radical (unpaired) electrons. The second-order valence-corrected chi connectivity index (χ2v) is 3.78. The van der Waals surface area contributed by atoms with E-state index in [0.29, 0.717) is 23.0 Å². The molecule has 0 bridgehead atoms. The molecule has 0 aliphatic rings. The van der Waals surface area contributed by atoms with Crippen LogP contribution in [0.4, 0.5) is 4.39 Å². The molecule has 14 heavy (non-hydrogen) atoms. The summed E-state index contributed by atoms with van der Waals surface area (Å²) in [4.78, 5) is 4.73. The first kappa shape index (κ1) is 11.6. The third-order valence-corrected chi connectivity index (χ3v) is 2.54. The molecule has 1 aromatic carbocycles. The van der Waals surface area contributed by atoms with Gasteiger partial charge in [-0.05, 0) is 39.5 Å². The Hall–Kier alpha value is -0.450. The predicted octanol–water partition coefficient (Wildman–Crippen LogP) is 2.80. The molecule has 0 aliphatic heterocycles. The maximum Gasteiger partial charge on any atom is 0.140 e. The van der Waals surface area contributed by atoms with E-state index in [1.807, 2.05) is 13.0 Å². The SMILES string of the molecule is CCc1cc(CNOC)cc(Br)c1F. The fourth-order valence-corrected chi connectivity index (χ4v) is 1.77. The highest BCUT2D eigenvalue weighted by atomic mass is 79.9. The summed E-state index contributed by atoms with van der Waals surface area (Å²) in [6.45, 7) is 2.50. The van der Waals surface area contributed by atoms with E-state index in [9.17, 15) is 4.39 Å². The molecular formula is C10H13BrFNO. The van der Waals surface area contributed by atoms with Gasteiger partial charge in [0.15, 0.2) is 0 Å². The molecule has 0 unspecified atom stereocenters. The third kappa shape index (κ3) is 2.77. The number of nitrogens with one attached hydrogen (secondary N) is 1. The van der Waals surface area contributed by atoms with E-state index in [1.165, 1.54) is 0 Å². The zero-order valence-electron chi connectivity index (χ0n) is 8.23. The zero-order chi connectivity index (χ0) is 10.6. The molecule has 1 N–H and O–H groups in total. The third-order valence-electron chi connectivity index (χ3n) is 1.96. The van der Waals surface area contributed by atoms with Gasteiger partial charge in [-0.25, -0.2) is 4.39 Å². The Labute approximate surface area is 91.5 Å². The summed E-state index contributed by atoms with van der Waals surface area (Å²) in [5.41, 5.74) is 4.43. The Kier molecular flexibility index (Phi) is 4.51. The molecule has 0 heterocycles. The van der Waals surface area contributed by atoms with Crippen molar-refractivity contribution in [2.45, 2.75) is 19.9 Å². The van der Waals surface area contributed by atoms with Crippen LogP contribution >= 0.6 is 15.9 Å². The normalized spacial score (nSPS) is 10.6. The van der Waals surface area contributed by atoms with E-state index in [-0.39, 0.29) is 5.82 Å². The summed E-state index contributed by atoms with van der Waals surface area (Å²) in [6.07, 6.45) is 0.686. The fourth-order valence-electron chi connectivity index (χ4n) is 1.22. The van der Waals surface area contributed by atoms with Crippen LogP contribution in [-0.2, 0) is 17.8 Å². The van der Waals surface area contributed by atoms with E-state index in [4.69, 9.17) is 4.84 Å². The van der Waals surface area contributed by atoms with E-state index >= 15 is 0 Å². The fraction of sp³-hybridized carbons (Fsp3) is 0.400. The minimum Gasteiger partial charge on any atom is -0.305 e. The van der Waals surface area contributed by atoms with Crippen molar-refractivity contribution in [3.8, 4) is 0 Å². The summed E-state index contributed by atoms with van der Waals surface area (Å²) in [5.74, 6) is -0.173. The largest absolute Gasteiger partial charge is 0.305 e. The molecular weight excluding hydrogens is 249 g/mol. The summed E-state index contributed by atoms with van der Waals surface area (Å²) in [5, 5.41) is 0. The quantitative estimate of drug-likeness (QED) is 0.842. The monoisotopic (exact) mass is 261 g/mol. The second kappa shape index (κ2) is 5.44. The van der Waals surface area contributed by atoms with Crippen LogP contribution in [0.1, 0.15) is 18.1 Å². The molecule has 78 valence electrons. The lowest BCUT2D eigenvalue weighted by Crippen LogP contribution is -2.11. The maximum atomic E-state index is 13.4. The van der Waals surface area contributed by atoms with E-state index in [0.717, 1.165) is 5.56 Å². The highest BCUT2D eigenvalue weighted by Crippen LogP contribution is 2.21. The minimum atomic E-state index is -0.173. The van der Waals surface area contributed by atoms with Crippen molar-refractivity contribution < 1.29 is 9.23 Å². The van der Waals surface area contributed by atoms with Crippen LogP contribution < -0.4 is 5.48 Å². The first-order valence-corrected chi connectivity index (χ1v) is 5.21. The van der Waals surface area contributed by atoms with Gasteiger partial charge >= 0.3 is 0 Å². The van der Waals surface area contributed by atoms with E-state index < -0.39 is 0 Å². The van der Waals surface area contributed by atoms with Crippen LogP contribution in [0.2, 0.25) is 0 Å². The number of halogens is 2. The van der Waals surface area contributed by atoms with Gasteiger partial charge in [0.05, 0.1) is 11.6 Å². The van der Waals surface area contributed by atoms with Crippen molar-refractivity contribution >= 4 is 15.9 Å². The summed E-state index contributed by atoms with van der Waals surface area (Å²) < 4.78 is 13.9. The molecule has 0 amide bonds. The molecule has 0 saturated heterocycles. The number of hydrogen-bond acceptors (Lipinski definition) is 2. The van der Waals surface area contributed by atoms with Gasteiger partial charge in [0.2, 0.25) is 0 Å². The van der Waals surface area contributed by atoms with Crippen molar-refractivity contribution in [2.75, 3.05) is 7.11 Å². The molecule has 1 aromatic rings. The van der Waals surface area contributed by atoms with Crippen LogP contribution in [0.5, 0.6) is 0 Å². The maximum absolute atomic E-state index is 13.4. The Morgan fingerprint density at radius 2 is 2.21 bits per heavy atom. The molecule has 0 saturated carbocycles. The lowest BCUT2D eigenvalue weighted by atomic mass is 10.1. The number of hydrogen-bond donors (Lipinski definition) is 1. The smallest absolute Gasteiger partial charge is 0.140 e. The van der Waals surface area contributed by atoms with Crippen molar-refractivity contribution in [2.24, 2.45) is 0 Å². The molecule has 2 nitrogen and oxygen atoms in total. The van der Waals surface area contributed by atoms with E-state index in [1.54, 1.807) is 13.2 Å². The molecule has 0 fully saturated rings. The number of aryl methyl sites for hydroxylation is 1. The van der Waals surface area contributed by atoms with Crippen LogP contribution in [-0.4, -0.2) is 7.11 Å². The highest BCUT2D eigenvalue weighted by molar-refractivity contribution is 9.10. The standard InChI is InChI=1S/C10H13BrFNO/c1-3-8-4-7(6-13-14-2)5-9(11)10(8)12/h4-5,13H,3,6H2,1-2H3. The molecule has 0 spiro atoms. The van der Waals surface area contributed by atoms with Crippen molar-refractivity contribution in [1.29, 1.82) is 0 Å². The van der Waals surface area contributed by atoms with Gasteiger partial charge in [-0.1, -0.05) is 13.0 Å². The molecule has 0 aliphatic carbocycles. The Morgan fingerprint density at radius 3 is 2.79 bits per heavy atom. The molecule has 0 aromatic heterocycles. The van der Waals surface area contributed by atoms with Gasteiger partial charge < -0.3 is 4.84 Å². The van der Waals surface area contributed by atoms with Gasteiger partial charge in [0, 0.05) is 6.54 Å². The average molecular weight is 262 g/mol.